The summed E-state index contributed by atoms with van der Waals surface area (Å²) in [4.78, 5) is 3.94. The lowest BCUT2D eigenvalue weighted by molar-refractivity contribution is 0.666. The lowest BCUT2D eigenvalue weighted by atomic mass is 10.1. The fourth-order valence-corrected chi connectivity index (χ4v) is 0.444. The SMILES string of the molecule is CCN=C=CCC(C)C. The van der Waals surface area contributed by atoms with Gasteiger partial charge in [-0.3, -0.25) is 0 Å². The predicted octanol–water partition coefficient (Wildman–Crippen LogP) is 2.28. The minimum absolute atomic E-state index is 0.726. The lowest BCUT2D eigenvalue weighted by Crippen LogP contribution is -1.81. The van der Waals surface area contributed by atoms with Gasteiger partial charge in [-0.05, 0) is 31.2 Å². The van der Waals surface area contributed by atoms with Crippen LogP contribution in [0, 0.1) is 5.92 Å². The molecule has 0 saturated carbocycles. The Morgan fingerprint density at radius 2 is 2.22 bits per heavy atom. The molecular formula is C8H15N. The van der Waals surface area contributed by atoms with Crippen LogP contribution in [0.2, 0.25) is 0 Å². The largest absolute Gasteiger partial charge is 0.244 e. The molecule has 0 atom stereocenters. The highest BCUT2D eigenvalue weighted by Crippen LogP contribution is 1.96. The van der Waals surface area contributed by atoms with Crippen molar-refractivity contribution in [3.8, 4) is 0 Å². The number of nitrogens with zero attached hydrogens (tertiary/aromatic N) is 1. The highest BCUT2D eigenvalue weighted by molar-refractivity contribution is 5.51. The molecule has 0 aromatic rings. The number of rotatable bonds is 3. The van der Waals surface area contributed by atoms with Crippen molar-refractivity contribution in [3.05, 3.63) is 6.08 Å². The molecule has 0 aliphatic heterocycles. The summed E-state index contributed by atoms with van der Waals surface area (Å²) in [6.07, 6.45) is 3.08. The van der Waals surface area contributed by atoms with E-state index in [2.05, 4.69) is 24.7 Å². The maximum atomic E-state index is 3.94. The Morgan fingerprint density at radius 3 is 2.67 bits per heavy atom. The number of allylic oxidation sites excluding steroid dienone is 1. The van der Waals surface area contributed by atoms with Gasteiger partial charge in [0.2, 0.25) is 0 Å². The molecule has 0 radical (unpaired) electrons. The molecule has 0 aliphatic carbocycles. The van der Waals surface area contributed by atoms with Gasteiger partial charge in [0.05, 0.1) is 0 Å². The lowest BCUT2D eigenvalue weighted by Gasteiger charge is -1.92. The first-order valence-corrected chi connectivity index (χ1v) is 3.51. The summed E-state index contributed by atoms with van der Waals surface area (Å²) in [7, 11) is 0. The Kier molecular flexibility index (Phi) is 5.24. The van der Waals surface area contributed by atoms with Gasteiger partial charge in [-0.2, -0.15) is 0 Å². The van der Waals surface area contributed by atoms with Crippen LogP contribution >= 0.6 is 0 Å². The van der Waals surface area contributed by atoms with E-state index in [1.165, 1.54) is 0 Å². The molecule has 0 unspecified atom stereocenters. The molecule has 1 heteroatoms. The van der Waals surface area contributed by atoms with E-state index in [1.807, 2.05) is 13.0 Å². The topological polar surface area (TPSA) is 12.4 Å². The summed E-state index contributed by atoms with van der Waals surface area (Å²) in [6, 6.07) is 0. The van der Waals surface area contributed by atoms with E-state index in [4.69, 9.17) is 0 Å². The van der Waals surface area contributed by atoms with E-state index >= 15 is 0 Å². The molecule has 52 valence electrons. The average Bonchev–Trinajstić information content (AvgIpc) is 1.80. The Morgan fingerprint density at radius 1 is 1.56 bits per heavy atom. The summed E-state index contributed by atoms with van der Waals surface area (Å²) in [6.45, 7) is 7.22. The van der Waals surface area contributed by atoms with E-state index in [9.17, 15) is 0 Å². The quantitative estimate of drug-likeness (QED) is 0.513. The summed E-state index contributed by atoms with van der Waals surface area (Å²) < 4.78 is 0. The van der Waals surface area contributed by atoms with Gasteiger partial charge in [0.1, 0.15) is 0 Å². The molecule has 0 fully saturated rings. The Balaban J connectivity index is 3.35. The molecule has 0 spiro atoms. The van der Waals surface area contributed by atoms with Gasteiger partial charge in [0.25, 0.3) is 0 Å². The van der Waals surface area contributed by atoms with Gasteiger partial charge in [-0.15, -0.1) is 0 Å². The third kappa shape index (κ3) is 7.45. The van der Waals surface area contributed by atoms with Gasteiger partial charge in [0, 0.05) is 6.54 Å². The maximum Gasteiger partial charge on any atom is 0.0455 e. The first-order valence-electron chi connectivity index (χ1n) is 3.51. The van der Waals surface area contributed by atoms with Gasteiger partial charge in [0.15, 0.2) is 0 Å². The smallest absolute Gasteiger partial charge is 0.0455 e. The first-order chi connectivity index (χ1) is 4.27. The minimum Gasteiger partial charge on any atom is -0.244 e. The van der Waals surface area contributed by atoms with Crippen molar-refractivity contribution in [1.29, 1.82) is 0 Å². The van der Waals surface area contributed by atoms with Crippen molar-refractivity contribution in [2.75, 3.05) is 6.54 Å². The Bertz CT molecular complexity index is 108. The average molecular weight is 125 g/mol. The minimum atomic E-state index is 0.726. The summed E-state index contributed by atoms with van der Waals surface area (Å²) in [5.41, 5.74) is 0. The van der Waals surface area contributed by atoms with Crippen LogP contribution in [0.5, 0.6) is 0 Å². The Hall–Kier alpha value is -0.550. The zero-order chi connectivity index (χ0) is 7.11. The normalized spacial score (nSPS) is 8.89. The third-order valence-electron chi connectivity index (χ3n) is 0.930. The fourth-order valence-electron chi connectivity index (χ4n) is 0.444. The van der Waals surface area contributed by atoms with E-state index in [0.717, 1.165) is 18.9 Å². The van der Waals surface area contributed by atoms with E-state index in [1.54, 1.807) is 0 Å². The highest BCUT2D eigenvalue weighted by Gasteiger charge is 1.84. The van der Waals surface area contributed by atoms with Gasteiger partial charge >= 0.3 is 0 Å². The van der Waals surface area contributed by atoms with Crippen LogP contribution in [-0.2, 0) is 0 Å². The molecule has 0 saturated heterocycles. The van der Waals surface area contributed by atoms with Crippen molar-refractivity contribution in [1.82, 2.24) is 0 Å². The first kappa shape index (κ1) is 8.45. The molecule has 0 N–H and O–H groups in total. The van der Waals surface area contributed by atoms with Crippen molar-refractivity contribution >= 4 is 5.87 Å². The van der Waals surface area contributed by atoms with E-state index in [0.29, 0.717) is 0 Å². The summed E-state index contributed by atoms with van der Waals surface area (Å²) in [5.74, 6) is 3.59. The molecule has 0 aliphatic rings. The van der Waals surface area contributed by atoms with E-state index < -0.39 is 0 Å². The molecule has 0 amide bonds. The second-order valence-electron chi connectivity index (χ2n) is 2.44. The van der Waals surface area contributed by atoms with Crippen LogP contribution in [-0.4, -0.2) is 12.4 Å². The van der Waals surface area contributed by atoms with Crippen molar-refractivity contribution < 1.29 is 0 Å². The zero-order valence-electron chi connectivity index (χ0n) is 6.52. The van der Waals surface area contributed by atoms with Crippen LogP contribution in [0.15, 0.2) is 11.1 Å². The number of aliphatic imine (C=N–C) groups is 1. The monoisotopic (exact) mass is 125 g/mol. The van der Waals surface area contributed by atoms with Crippen LogP contribution < -0.4 is 0 Å². The standard InChI is InChI=1S/C8H15N/c1-4-9-7-5-6-8(2)3/h5,8H,4,6H2,1-3H3. The van der Waals surface area contributed by atoms with Crippen LogP contribution in [0.3, 0.4) is 0 Å². The second-order valence-corrected chi connectivity index (χ2v) is 2.44. The molecule has 1 nitrogen and oxygen atoms in total. The third-order valence-corrected chi connectivity index (χ3v) is 0.930. The van der Waals surface area contributed by atoms with Crippen LogP contribution in [0.1, 0.15) is 27.2 Å². The molecule has 9 heavy (non-hydrogen) atoms. The van der Waals surface area contributed by atoms with Crippen molar-refractivity contribution in [3.63, 3.8) is 0 Å². The van der Waals surface area contributed by atoms with Crippen LogP contribution in [0.4, 0.5) is 0 Å². The van der Waals surface area contributed by atoms with Crippen LogP contribution in [0.25, 0.3) is 0 Å². The fraction of sp³-hybridized carbons (Fsp3) is 0.750. The highest BCUT2D eigenvalue weighted by atomic mass is 14.7. The Labute approximate surface area is 57.5 Å². The maximum absolute atomic E-state index is 3.94. The number of hydrogen-bond acceptors (Lipinski definition) is 1. The molecule has 0 aromatic carbocycles. The second kappa shape index (κ2) is 5.58. The molecular weight excluding hydrogens is 110 g/mol. The molecule has 0 bridgehead atoms. The molecule has 0 aromatic heterocycles. The van der Waals surface area contributed by atoms with E-state index in [-0.39, 0.29) is 0 Å². The van der Waals surface area contributed by atoms with Gasteiger partial charge < -0.3 is 0 Å². The predicted molar refractivity (Wildman–Crippen MR) is 42.0 cm³/mol. The summed E-state index contributed by atoms with van der Waals surface area (Å²) in [5, 5.41) is 0. The molecule has 0 heterocycles. The zero-order valence-corrected chi connectivity index (χ0v) is 6.52. The van der Waals surface area contributed by atoms with Crippen molar-refractivity contribution in [2.24, 2.45) is 10.9 Å². The van der Waals surface area contributed by atoms with Crippen molar-refractivity contribution in [2.45, 2.75) is 27.2 Å². The number of hydrogen-bond donors (Lipinski definition) is 0. The summed E-state index contributed by atoms with van der Waals surface area (Å²) >= 11 is 0. The molecule has 0 rings (SSSR count). The van der Waals surface area contributed by atoms with Gasteiger partial charge in [-0.1, -0.05) is 13.8 Å². The van der Waals surface area contributed by atoms with Gasteiger partial charge in [-0.25, -0.2) is 4.99 Å².